The molecule has 0 radical (unpaired) electrons. The van der Waals surface area contributed by atoms with E-state index >= 15 is 0 Å². The monoisotopic (exact) mass is 299 g/mol. The number of carbonyl (C=O) groups excluding carboxylic acids is 1. The van der Waals surface area contributed by atoms with Gasteiger partial charge in [-0.1, -0.05) is 0 Å². The Bertz CT molecular complexity index is 567. The number of carbonyl (C=O) groups is 1. The Hall–Kier alpha value is -1.90. The largest absolute Gasteiger partial charge is 0.392 e. The van der Waals surface area contributed by atoms with Crippen molar-refractivity contribution in [1.82, 2.24) is 9.80 Å². The zero-order valence-electron chi connectivity index (χ0n) is 12.6. The average molecular weight is 299 g/mol. The van der Waals surface area contributed by atoms with E-state index in [1.807, 2.05) is 4.90 Å². The van der Waals surface area contributed by atoms with Gasteiger partial charge in [-0.25, -0.2) is 0 Å². The van der Waals surface area contributed by atoms with Gasteiger partial charge in [-0.2, -0.15) is 5.26 Å². The summed E-state index contributed by atoms with van der Waals surface area (Å²) in [6, 6.07) is 8.83. The third kappa shape index (κ3) is 3.46. The Kier molecular flexibility index (Phi) is 4.41. The Morgan fingerprint density at radius 3 is 2.41 bits per heavy atom. The van der Waals surface area contributed by atoms with Crippen molar-refractivity contribution < 1.29 is 9.90 Å². The number of hydrogen-bond acceptors (Lipinski definition) is 4. The molecule has 22 heavy (non-hydrogen) atoms. The zero-order valence-corrected chi connectivity index (χ0v) is 12.6. The third-order valence-electron chi connectivity index (χ3n) is 4.53. The van der Waals surface area contributed by atoms with Crippen LogP contribution in [0.4, 0.5) is 0 Å². The third-order valence-corrected chi connectivity index (χ3v) is 4.53. The van der Waals surface area contributed by atoms with Crippen LogP contribution in [0.5, 0.6) is 0 Å². The highest BCUT2D eigenvalue weighted by atomic mass is 16.3. The van der Waals surface area contributed by atoms with E-state index in [1.165, 1.54) is 0 Å². The first-order valence-corrected chi connectivity index (χ1v) is 7.87. The maximum absolute atomic E-state index is 12.4. The zero-order chi connectivity index (χ0) is 15.5. The van der Waals surface area contributed by atoms with Crippen LogP contribution in [0.1, 0.15) is 28.8 Å². The maximum Gasteiger partial charge on any atom is 0.253 e. The van der Waals surface area contributed by atoms with E-state index in [-0.39, 0.29) is 12.0 Å². The molecule has 116 valence electrons. The summed E-state index contributed by atoms with van der Waals surface area (Å²) in [5, 5.41) is 18.8. The summed E-state index contributed by atoms with van der Waals surface area (Å²) in [5.41, 5.74) is 1.20. The van der Waals surface area contributed by atoms with Gasteiger partial charge >= 0.3 is 0 Å². The molecule has 1 heterocycles. The Balaban J connectivity index is 1.51. The highest BCUT2D eigenvalue weighted by Gasteiger charge is 2.32. The van der Waals surface area contributed by atoms with Crippen LogP contribution in [0.15, 0.2) is 24.3 Å². The van der Waals surface area contributed by atoms with Crippen molar-refractivity contribution >= 4 is 5.91 Å². The molecule has 1 N–H and O–H groups in total. The smallest absolute Gasteiger partial charge is 0.253 e. The first-order chi connectivity index (χ1) is 10.7. The summed E-state index contributed by atoms with van der Waals surface area (Å²) < 4.78 is 0. The molecule has 1 saturated heterocycles. The number of nitriles is 1. The molecule has 1 saturated carbocycles. The lowest BCUT2D eigenvalue weighted by Crippen LogP contribution is -2.50. The lowest BCUT2D eigenvalue weighted by Gasteiger charge is -2.35. The number of amides is 1. The minimum absolute atomic E-state index is 0.0203. The van der Waals surface area contributed by atoms with E-state index in [4.69, 9.17) is 5.26 Å². The minimum atomic E-state index is -0.208. The molecule has 5 heteroatoms. The number of piperazine rings is 1. The molecular weight excluding hydrogens is 278 g/mol. The molecule has 0 aromatic heterocycles. The number of nitrogens with zero attached hydrogens (tertiary/aromatic N) is 3. The molecule has 1 aromatic carbocycles. The van der Waals surface area contributed by atoms with Gasteiger partial charge in [0.2, 0.25) is 0 Å². The molecule has 0 unspecified atom stereocenters. The summed E-state index contributed by atoms with van der Waals surface area (Å²) in [4.78, 5) is 16.5. The Labute approximate surface area is 130 Å². The second-order valence-electron chi connectivity index (χ2n) is 6.19. The van der Waals surface area contributed by atoms with Crippen LogP contribution < -0.4 is 0 Å². The van der Waals surface area contributed by atoms with Crippen molar-refractivity contribution in [1.29, 1.82) is 5.26 Å². The molecule has 3 rings (SSSR count). The fourth-order valence-electron chi connectivity index (χ4n) is 2.90. The van der Waals surface area contributed by atoms with Crippen molar-refractivity contribution in [2.75, 3.05) is 32.7 Å². The molecule has 2 aliphatic rings. The van der Waals surface area contributed by atoms with Gasteiger partial charge in [0.1, 0.15) is 0 Å². The van der Waals surface area contributed by atoms with Crippen molar-refractivity contribution in [3.05, 3.63) is 35.4 Å². The van der Waals surface area contributed by atoms with Crippen LogP contribution in [-0.2, 0) is 0 Å². The van der Waals surface area contributed by atoms with Crippen molar-refractivity contribution in [3.8, 4) is 6.07 Å². The fourth-order valence-corrected chi connectivity index (χ4v) is 2.90. The van der Waals surface area contributed by atoms with Gasteiger partial charge in [0.25, 0.3) is 5.91 Å². The SMILES string of the molecule is N#Cc1ccc(C(=O)N2CCN(C[C@H](O)C3CC3)CC2)cc1. The highest BCUT2D eigenvalue weighted by molar-refractivity contribution is 5.94. The number of hydrogen-bond donors (Lipinski definition) is 1. The number of rotatable bonds is 4. The summed E-state index contributed by atoms with van der Waals surface area (Å²) >= 11 is 0. The van der Waals surface area contributed by atoms with Crippen molar-refractivity contribution in [3.63, 3.8) is 0 Å². The van der Waals surface area contributed by atoms with Gasteiger partial charge in [0, 0.05) is 38.3 Å². The van der Waals surface area contributed by atoms with Crippen LogP contribution >= 0.6 is 0 Å². The van der Waals surface area contributed by atoms with E-state index < -0.39 is 0 Å². The number of benzene rings is 1. The number of aliphatic hydroxyl groups excluding tert-OH is 1. The lowest BCUT2D eigenvalue weighted by atomic mass is 10.1. The van der Waals surface area contributed by atoms with Gasteiger partial charge in [-0.15, -0.1) is 0 Å². The molecule has 0 bridgehead atoms. The van der Waals surface area contributed by atoms with Crippen molar-refractivity contribution in [2.24, 2.45) is 5.92 Å². The summed E-state index contributed by atoms with van der Waals surface area (Å²) in [6.07, 6.45) is 2.09. The van der Waals surface area contributed by atoms with Crippen LogP contribution in [-0.4, -0.2) is 59.6 Å². The molecule has 1 aliphatic heterocycles. The maximum atomic E-state index is 12.4. The minimum Gasteiger partial charge on any atom is -0.392 e. The van der Waals surface area contributed by atoms with Crippen LogP contribution in [0.25, 0.3) is 0 Å². The summed E-state index contributed by atoms with van der Waals surface area (Å²) in [7, 11) is 0. The molecule has 1 amide bonds. The quantitative estimate of drug-likeness (QED) is 0.903. The van der Waals surface area contributed by atoms with Gasteiger partial charge in [0.05, 0.1) is 17.7 Å². The normalized spacial score (nSPS) is 20.5. The van der Waals surface area contributed by atoms with Gasteiger partial charge in [-0.05, 0) is 43.0 Å². The number of aliphatic hydroxyl groups is 1. The van der Waals surface area contributed by atoms with Gasteiger partial charge < -0.3 is 10.0 Å². The van der Waals surface area contributed by atoms with E-state index in [1.54, 1.807) is 24.3 Å². The Morgan fingerprint density at radius 1 is 1.23 bits per heavy atom. The van der Waals surface area contributed by atoms with Gasteiger partial charge in [-0.3, -0.25) is 9.69 Å². The predicted molar refractivity (Wildman–Crippen MR) is 82.2 cm³/mol. The van der Waals surface area contributed by atoms with Crippen LogP contribution in [0, 0.1) is 17.2 Å². The molecule has 1 atom stereocenters. The van der Waals surface area contributed by atoms with E-state index in [9.17, 15) is 9.90 Å². The molecular formula is C17H21N3O2. The second-order valence-corrected chi connectivity index (χ2v) is 6.19. The van der Waals surface area contributed by atoms with E-state index in [0.29, 0.717) is 30.1 Å². The van der Waals surface area contributed by atoms with Crippen LogP contribution in [0.2, 0.25) is 0 Å². The van der Waals surface area contributed by atoms with Gasteiger partial charge in [0.15, 0.2) is 0 Å². The second kappa shape index (κ2) is 6.47. The van der Waals surface area contributed by atoms with Crippen LogP contribution in [0.3, 0.4) is 0 Å². The fraction of sp³-hybridized carbons (Fsp3) is 0.529. The Morgan fingerprint density at radius 2 is 1.86 bits per heavy atom. The van der Waals surface area contributed by atoms with E-state index in [0.717, 1.165) is 32.5 Å². The number of β-amino-alcohol motifs (C(OH)–C–C–N with tert-alkyl or cyclic N) is 1. The topological polar surface area (TPSA) is 67.6 Å². The standard InChI is InChI=1S/C17H21N3O2/c18-11-13-1-3-15(4-2-13)17(22)20-9-7-19(8-10-20)12-16(21)14-5-6-14/h1-4,14,16,21H,5-10,12H2/t16-/m0/s1. The highest BCUT2D eigenvalue weighted by Crippen LogP contribution is 2.32. The lowest BCUT2D eigenvalue weighted by molar-refractivity contribution is 0.0488. The van der Waals surface area contributed by atoms with Crippen molar-refractivity contribution in [2.45, 2.75) is 18.9 Å². The van der Waals surface area contributed by atoms with E-state index in [2.05, 4.69) is 11.0 Å². The summed E-state index contributed by atoms with van der Waals surface area (Å²) in [6.45, 7) is 3.73. The summed E-state index contributed by atoms with van der Waals surface area (Å²) in [5.74, 6) is 0.519. The molecule has 5 nitrogen and oxygen atoms in total. The molecule has 1 aromatic rings. The predicted octanol–water partition coefficient (Wildman–Crippen LogP) is 1.09. The first kappa shape index (κ1) is 15.0. The first-order valence-electron chi connectivity index (χ1n) is 7.87. The molecule has 0 spiro atoms. The molecule has 2 fully saturated rings. The molecule has 1 aliphatic carbocycles. The average Bonchev–Trinajstić information content (AvgIpc) is 3.40.